The van der Waals surface area contributed by atoms with Gasteiger partial charge in [-0.05, 0) is 48.0 Å². The minimum absolute atomic E-state index is 0.156. The van der Waals surface area contributed by atoms with Gasteiger partial charge in [0.2, 0.25) is 0 Å². The number of carbonyl (C=O) groups is 2. The Morgan fingerprint density at radius 3 is 2.16 bits per heavy atom. The molecule has 0 aliphatic rings. The maximum atomic E-state index is 12.1. The summed E-state index contributed by atoms with van der Waals surface area (Å²) in [6.45, 7) is 3.61. The molecule has 0 atom stereocenters. The molecule has 0 unspecified atom stereocenters. The molecule has 1 N–H and O–H groups in total. The van der Waals surface area contributed by atoms with Crippen molar-refractivity contribution in [2.75, 3.05) is 13.2 Å². The Bertz CT molecular complexity index is 758. The van der Waals surface area contributed by atoms with Crippen LogP contribution in [0.4, 0.5) is 0 Å². The fourth-order valence-corrected chi connectivity index (χ4v) is 1.96. The quantitative estimate of drug-likeness (QED) is 0.429. The highest BCUT2D eigenvalue weighted by atomic mass is 16.5. The summed E-state index contributed by atoms with van der Waals surface area (Å²) in [5.41, 5.74) is 1.37. The Labute approximate surface area is 145 Å². The Morgan fingerprint density at radius 2 is 1.56 bits per heavy atom. The van der Waals surface area contributed by atoms with Gasteiger partial charge in [-0.25, -0.2) is 4.79 Å². The maximum Gasteiger partial charge on any atom is 0.341 e. The molecule has 0 aliphatic carbocycles. The minimum Gasteiger partial charge on any atom is -0.490 e. The fourth-order valence-electron chi connectivity index (χ4n) is 1.96. The third-order valence-electron chi connectivity index (χ3n) is 3.18. The summed E-state index contributed by atoms with van der Waals surface area (Å²) in [5, 5.41) is 8.56. The lowest BCUT2D eigenvalue weighted by atomic mass is 10.1. The molecular formula is C20H18O5. The van der Waals surface area contributed by atoms with Crippen molar-refractivity contribution in [3.8, 4) is 11.5 Å². The summed E-state index contributed by atoms with van der Waals surface area (Å²) in [6, 6.07) is 13.7. The van der Waals surface area contributed by atoms with E-state index in [1.165, 1.54) is 6.08 Å². The summed E-state index contributed by atoms with van der Waals surface area (Å²) in [6.07, 6.45) is 4.87. The van der Waals surface area contributed by atoms with Crippen molar-refractivity contribution in [1.82, 2.24) is 0 Å². The van der Waals surface area contributed by atoms with E-state index in [2.05, 4.69) is 6.58 Å². The monoisotopic (exact) mass is 338 g/mol. The van der Waals surface area contributed by atoms with E-state index in [1.54, 1.807) is 36.4 Å². The molecule has 0 radical (unpaired) electrons. The molecule has 0 spiro atoms. The average molecular weight is 338 g/mol. The van der Waals surface area contributed by atoms with Crippen molar-refractivity contribution in [2.24, 2.45) is 0 Å². The molecule has 2 aromatic rings. The summed E-state index contributed by atoms with van der Waals surface area (Å²) in [5.74, 6) is -0.0702. The molecule has 128 valence electrons. The lowest BCUT2D eigenvalue weighted by Gasteiger charge is -2.04. The number of aliphatic carboxylic acids is 1. The fraction of sp³-hybridized carbons (Fsp3) is 0.100. The average Bonchev–Trinajstić information content (AvgIpc) is 2.64. The van der Waals surface area contributed by atoms with Crippen LogP contribution in [-0.4, -0.2) is 30.1 Å². The molecule has 2 rings (SSSR count). The van der Waals surface area contributed by atoms with Gasteiger partial charge in [0.25, 0.3) is 0 Å². The number of carbonyl (C=O) groups excluding carboxylic acids is 1. The van der Waals surface area contributed by atoms with Crippen LogP contribution in [0, 0.1) is 0 Å². The zero-order valence-corrected chi connectivity index (χ0v) is 13.6. The molecule has 25 heavy (non-hydrogen) atoms. The van der Waals surface area contributed by atoms with Crippen molar-refractivity contribution in [2.45, 2.75) is 0 Å². The first kappa shape index (κ1) is 18.0. The van der Waals surface area contributed by atoms with Gasteiger partial charge < -0.3 is 14.6 Å². The van der Waals surface area contributed by atoms with Gasteiger partial charge in [0.1, 0.15) is 18.1 Å². The Balaban J connectivity index is 1.95. The second-order valence-electron chi connectivity index (χ2n) is 5.07. The number of ketones is 1. The number of allylic oxidation sites excluding steroid dienone is 1. The smallest absolute Gasteiger partial charge is 0.341 e. The Morgan fingerprint density at radius 1 is 0.960 bits per heavy atom. The van der Waals surface area contributed by atoms with Gasteiger partial charge >= 0.3 is 5.97 Å². The minimum atomic E-state index is -1.05. The first-order chi connectivity index (χ1) is 12.1. The van der Waals surface area contributed by atoms with Gasteiger partial charge in [0, 0.05) is 5.56 Å². The molecule has 0 aromatic heterocycles. The number of rotatable bonds is 9. The number of ether oxygens (including phenoxy) is 2. The predicted molar refractivity (Wildman–Crippen MR) is 95.1 cm³/mol. The van der Waals surface area contributed by atoms with Crippen LogP contribution in [0.1, 0.15) is 15.9 Å². The zero-order chi connectivity index (χ0) is 18.1. The Kier molecular flexibility index (Phi) is 6.54. The molecule has 0 saturated carbocycles. The van der Waals surface area contributed by atoms with Crippen LogP contribution in [0.2, 0.25) is 0 Å². The molecule has 0 amide bonds. The zero-order valence-electron chi connectivity index (χ0n) is 13.6. The van der Waals surface area contributed by atoms with Gasteiger partial charge in [-0.15, -0.1) is 0 Å². The van der Waals surface area contributed by atoms with Crippen LogP contribution in [0.15, 0.2) is 67.3 Å². The molecule has 5 nitrogen and oxygen atoms in total. The lowest BCUT2D eigenvalue weighted by Crippen LogP contribution is -2.09. The van der Waals surface area contributed by atoms with Crippen LogP contribution >= 0.6 is 0 Å². The van der Waals surface area contributed by atoms with Gasteiger partial charge in [-0.1, -0.05) is 30.9 Å². The number of hydrogen-bond donors (Lipinski definition) is 1. The highest BCUT2D eigenvalue weighted by molar-refractivity contribution is 6.06. The number of carboxylic acid groups (broad SMARTS) is 1. The molecular weight excluding hydrogens is 320 g/mol. The highest BCUT2D eigenvalue weighted by Crippen LogP contribution is 2.15. The van der Waals surface area contributed by atoms with Gasteiger partial charge in [-0.3, -0.25) is 4.79 Å². The first-order valence-corrected chi connectivity index (χ1v) is 7.59. The summed E-state index contributed by atoms with van der Waals surface area (Å²) in [7, 11) is 0. The van der Waals surface area contributed by atoms with Crippen LogP contribution in [0.3, 0.4) is 0 Å². The number of benzene rings is 2. The van der Waals surface area contributed by atoms with Crippen LogP contribution < -0.4 is 9.47 Å². The van der Waals surface area contributed by atoms with Crippen LogP contribution in [0.5, 0.6) is 11.5 Å². The SMILES string of the molecule is C=CCOc1ccc(/C=C/C(=O)c2ccc(OCC(=O)O)cc2)cc1. The second kappa shape index (κ2) is 9.08. The molecule has 0 heterocycles. The largest absolute Gasteiger partial charge is 0.490 e. The van der Waals surface area contributed by atoms with Crippen molar-refractivity contribution in [3.05, 3.63) is 78.4 Å². The molecule has 0 bridgehead atoms. The predicted octanol–water partition coefficient (Wildman–Crippen LogP) is 3.61. The lowest BCUT2D eigenvalue weighted by molar-refractivity contribution is -0.139. The van der Waals surface area contributed by atoms with E-state index >= 15 is 0 Å². The van der Waals surface area contributed by atoms with Crippen LogP contribution in [-0.2, 0) is 4.79 Å². The van der Waals surface area contributed by atoms with Crippen molar-refractivity contribution in [3.63, 3.8) is 0 Å². The standard InChI is InChI=1S/C20H18O5/c1-2-13-24-17-8-3-15(4-9-17)5-12-19(21)16-6-10-18(11-7-16)25-14-20(22)23/h2-12H,1,13-14H2,(H,22,23)/b12-5+. The molecule has 0 saturated heterocycles. The van der Waals surface area contributed by atoms with Gasteiger partial charge in [0.05, 0.1) is 0 Å². The van der Waals surface area contributed by atoms with Crippen molar-refractivity contribution >= 4 is 17.8 Å². The first-order valence-electron chi connectivity index (χ1n) is 7.59. The van der Waals surface area contributed by atoms with E-state index in [1.807, 2.05) is 24.3 Å². The maximum absolute atomic E-state index is 12.1. The van der Waals surface area contributed by atoms with E-state index in [0.717, 1.165) is 11.3 Å². The number of carboxylic acids is 1. The van der Waals surface area contributed by atoms with E-state index in [4.69, 9.17) is 14.6 Å². The van der Waals surface area contributed by atoms with E-state index in [0.29, 0.717) is 17.9 Å². The van der Waals surface area contributed by atoms with E-state index in [-0.39, 0.29) is 5.78 Å². The van der Waals surface area contributed by atoms with Crippen molar-refractivity contribution < 1.29 is 24.2 Å². The molecule has 0 fully saturated rings. The highest BCUT2D eigenvalue weighted by Gasteiger charge is 2.04. The van der Waals surface area contributed by atoms with Crippen LogP contribution in [0.25, 0.3) is 6.08 Å². The third kappa shape index (κ3) is 5.99. The van der Waals surface area contributed by atoms with Gasteiger partial charge in [-0.2, -0.15) is 0 Å². The van der Waals surface area contributed by atoms with Gasteiger partial charge in [0.15, 0.2) is 12.4 Å². The molecule has 0 aliphatic heterocycles. The van der Waals surface area contributed by atoms with E-state index in [9.17, 15) is 9.59 Å². The summed E-state index contributed by atoms with van der Waals surface area (Å²) in [4.78, 5) is 22.6. The molecule has 2 aromatic carbocycles. The second-order valence-corrected chi connectivity index (χ2v) is 5.07. The molecule has 5 heteroatoms. The number of hydrogen-bond acceptors (Lipinski definition) is 4. The van der Waals surface area contributed by atoms with E-state index < -0.39 is 12.6 Å². The summed E-state index contributed by atoms with van der Waals surface area (Å²) < 4.78 is 10.4. The van der Waals surface area contributed by atoms with Crippen molar-refractivity contribution in [1.29, 1.82) is 0 Å². The Hall–Kier alpha value is -3.34. The third-order valence-corrected chi connectivity index (χ3v) is 3.18. The normalized spacial score (nSPS) is 10.4. The summed E-state index contributed by atoms with van der Waals surface area (Å²) >= 11 is 0. The topological polar surface area (TPSA) is 72.8 Å².